The largest absolute Gasteiger partial charge is 0.496 e. The number of benzene rings is 2. The van der Waals surface area contributed by atoms with Crippen LogP contribution in [-0.4, -0.2) is 20.2 Å². The number of hydrogen-bond donors (Lipinski definition) is 0. The SMILES string of the molecule is COc1cc(N2CCC(C[C@@H]3C[C@H]3c3ccccc3)CC2)ccc1C. The molecule has 1 heterocycles. The third-order valence-corrected chi connectivity index (χ3v) is 6.16. The summed E-state index contributed by atoms with van der Waals surface area (Å²) in [6, 6.07) is 17.7. The molecule has 2 fully saturated rings. The van der Waals surface area contributed by atoms with E-state index in [0.717, 1.165) is 23.5 Å². The molecule has 4 rings (SSSR count). The van der Waals surface area contributed by atoms with Crippen LogP contribution in [0, 0.1) is 18.8 Å². The Labute approximate surface area is 151 Å². The Bertz CT molecular complexity index is 703. The van der Waals surface area contributed by atoms with Gasteiger partial charge in [0.25, 0.3) is 0 Å². The second kappa shape index (κ2) is 7.11. The molecule has 0 spiro atoms. The number of methoxy groups -OCH3 is 1. The van der Waals surface area contributed by atoms with E-state index in [1.54, 1.807) is 12.7 Å². The first-order valence-corrected chi connectivity index (χ1v) is 9.69. The van der Waals surface area contributed by atoms with Crippen LogP contribution in [-0.2, 0) is 0 Å². The Morgan fingerprint density at radius 3 is 2.52 bits per heavy atom. The van der Waals surface area contributed by atoms with E-state index in [1.165, 1.54) is 50.0 Å². The van der Waals surface area contributed by atoms with E-state index in [2.05, 4.69) is 60.4 Å². The molecule has 1 saturated heterocycles. The second-order valence-electron chi connectivity index (χ2n) is 7.83. The lowest BCUT2D eigenvalue weighted by Crippen LogP contribution is -2.33. The minimum Gasteiger partial charge on any atom is -0.496 e. The number of anilines is 1. The molecule has 2 atom stereocenters. The Kier molecular flexibility index (Phi) is 4.70. The zero-order chi connectivity index (χ0) is 17.2. The van der Waals surface area contributed by atoms with Crippen LogP contribution in [0.4, 0.5) is 5.69 Å². The first kappa shape index (κ1) is 16.5. The Morgan fingerprint density at radius 2 is 1.80 bits per heavy atom. The Hall–Kier alpha value is -1.96. The fourth-order valence-corrected chi connectivity index (χ4v) is 4.48. The summed E-state index contributed by atoms with van der Waals surface area (Å²) < 4.78 is 5.49. The maximum absolute atomic E-state index is 5.49. The predicted octanol–water partition coefficient (Wildman–Crippen LogP) is 5.41. The lowest BCUT2D eigenvalue weighted by Gasteiger charge is -2.34. The average Bonchev–Trinajstić information content (AvgIpc) is 3.43. The highest BCUT2D eigenvalue weighted by Gasteiger charge is 2.39. The normalized spacial score (nSPS) is 23.5. The summed E-state index contributed by atoms with van der Waals surface area (Å²) in [6.07, 6.45) is 5.48. The first-order chi connectivity index (χ1) is 12.2. The van der Waals surface area contributed by atoms with Gasteiger partial charge in [-0.2, -0.15) is 0 Å². The monoisotopic (exact) mass is 335 g/mol. The van der Waals surface area contributed by atoms with Gasteiger partial charge in [0.15, 0.2) is 0 Å². The van der Waals surface area contributed by atoms with E-state index in [0.29, 0.717) is 0 Å². The molecule has 0 radical (unpaired) electrons. The van der Waals surface area contributed by atoms with Crippen LogP contribution < -0.4 is 9.64 Å². The van der Waals surface area contributed by atoms with E-state index >= 15 is 0 Å². The minimum absolute atomic E-state index is 0.834. The van der Waals surface area contributed by atoms with Crippen LogP contribution in [0.25, 0.3) is 0 Å². The topological polar surface area (TPSA) is 12.5 Å². The van der Waals surface area contributed by atoms with E-state index in [9.17, 15) is 0 Å². The molecule has 132 valence electrons. The number of ether oxygens (including phenoxy) is 1. The average molecular weight is 335 g/mol. The number of nitrogens with zero attached hydrogens (tertiary/aromatic N) is 1. The lowest BCUT2D eigenvalue weighted by molar-refractivity contribution is 0.361. The molecule has 2 aromatic rings. The summed E-state index contributed by atoms with van der Waals surface area (Å²) in [4.78, 5) is 2.53. The quantitative estimate of drug-likeness (QED) is 0.724. The predicted molar refractivity (Wildman–Crippen MR) is 105 cm³/mol. The molecule has 1 aliphatic heterocycles. The molecule has 2 aromatic carbocycles. The van der Waals surface area contributed by atoms with Gasteiger partial charge in [0.05, 0.1) is 7.11 Å². The van der Waals surface area contributed by atoms with E-state index < -0.39 is 0 Å². The van der Waals surface area contributed by atoms with Crippen molar-refractivity contribution in [1.82, 2.24) is 0 Å². The Morgan fingerprint density at radius 1 is 1.04 bits per heavy atom. The molecular weight excluding hydrogens is 306 g/mol. The molecule has 1 saturated carbocycles. The summed E-state index contributed by atoms with van der Waals surface area (Å²) in [5.41, 5.74) is 4.08. The summed E-state index contributed by atoms with van der Waals surface area (Å²) in [7, 11) is 1.76. The maximum Gasteiger partial charge on any atom is 0.123 e. The van der Waals surface area contributed by atoms with Gasteiger partial charge < -0.3 is 9.64 Å². The molecule has 2 heteroatoms. The van der Waals surface area contributed by atoms with Crippen LogP contribution in [0.2, 0.25) is 0 Å². The van der Waals surface area contributed by atoms with Crippen molar-refractivity contribution in [3.63, 3.8) is 0 Å². The van der Waals surface area contributed by atoms with Crippen LogP contribution in [0.15, 0.2) is 48.5 Å². The summed E-state index contributed by atoms with van der Waals surface area (Å²) in [5, 5.41) is 0. The molecular formula is C23H29NO. The number of aryl methyl sites for hydroxylation is 1. The molecule has 0 aromatic heterocycles. The van der Waals surface area contributed by atoms with Gasteiger partial charge in [0.2, 0.25) is 0 Å². The van der Waals surface area contributed by atoms with Gasteiger partial charge in [-0.3, -0.25) is 0 Å². The lowest BCUT2D eigenvalue weighted by atomic mass is 9.90. The molecule has 2 aliphatic rings. The van der Waals surface area contributed by atoms with Crippen molar-refractivity contribution in [2.45, 2.75) is 38.5 Å². The van der Waals surface area contributed by atoms with Crippen molar-refractivity contribution < 1.29 is 4.74 Å². The minimum atomic E-state index is 0.834. The van der Waals surface area contributed by atoms with Crippen LogP contribution >= 0.6 is 0 Å². The first-order valence-electron chi connectivity index (χ1n) is 9.69. The third kappa shape index (κ3) is 3.68. The van der Waals surface area contributed by atoms with Gasteiger partial charge in [-0.15, -0.1) is 0 Å². The molecule has 25 heavy (non-hydrogen) atoms. The summed E-state index contributed by atoms with van der Waals surface area (Å²) in [6.45, 7) is 4.47. The van der Waals surface area contributed by atoms with Crippen molar-refractivity contribution in [3.8, 4) is 5.75 Å². The van der Waals surface area contributed by atoms with Crippen molar-refractivity contribution in [3.05, 3.63) is 59.7 Å². The van der Waals surface area contributed by atoms with E-state index in [4.69, 9.17) is 4.74 Å². The summed E-state index contributed by atoms with van der Waals surface area (Å²) >= 11 is 0. The van der Waals surface area contributed by atoms with Crippen molar-refractivity contribution >= 4 is 5.69 Å². The number of piperidine rings is 1. The molecule has 2 nitrogen and oxygen atoms in total. The highest BCUT2D eigenvalue weighted by molar-refractivity contribution is 5.53. The standard InChI is InChI=1S/C23H29NO/c1-17-8-9-21(16-23(17)25-2)24-12-10-18(11-13-24)14-20-15-22(20)19-6-4-3-5-7-19/h3-9,16,18,20,22H,10-15H2,1-2H3/t20-,22+/m1/s1. The van der Waals surface area contributed by atoms with Crippen LogP contribution in [0.5, 0.6) is 5.75 Å². The van der Waals surface area contributed by atoms with Gasteiger partial charge in [0, 0.05) is 24.8 Å². The highest BCUT2D eigenvalue weighted by Crippen LogP contribution is 2.51. The Balaban J connectivity index is 1.29. The molecule has 0 N–H and O–H groups in total. The second-order valence-corrected chi connectivity index (χ2v) is 7.83. The van der Waals surface area contributed by atoms with Crippen molar-refractivity contribution in [1.29, 1.82) is 0 Å². The molecule has 0 amide bonds. The fraction of sp³-hybridized carbons (Fsp3) is 0.478. The van der Waals surface area contributed by atoms with Crippen molar-refractivity contribution in [2.24, 2.45) is 11.8 Å². The summed E-state index contributed by atoms with van der Waals surface area (Å²) in [5.74, 6) is 3.67. The van der Waals surface area contributed by atoms with Crippen LogP contribution in [0.3, 0.4) is 0 Å². The van der Waals surface area contributed by atoms with E-state index in [-0.39, 0.29) is 0 Å². The van der Waals surface area contributed by atoms with Gasteiger partial charge >= 0.3 is 0 Å². The van der Waals surface area contributed by atoms with E-state index in [1.807, 2.05) is 0 Å². The number of hydrogen-bond acceptors (Lipinski definition) is 2. The van der Waals surface area contributed by atoms with Gasteiger partial charge in [0.1, 0.15) is 5.75 Å². The van der Waals surface area contributed by atoms with Gasteiger partial charge in [-0.25, -0.2) is 0 Å². The molecule has 1 aliphatic carbocycles. The van der Waals surface area contributed by atoms with Crippen LogP contribution in [0.1, 0.15) is 42.7 Å². The van der Waals surface area contributed by atoms with Gasteiger partial charge in [-0.05, 0) is 67.6 Å². The smallest absolute Gasteiger partial charge is 0.123 e. The maximum atomic E-state index is 5.49. The number of rotatable bonds is 5. The van der Waals surface area contributed by atoms with Crippen molar-refractivity contribution in [2.75, 3.05) is 25.1 Å². The zero-order valence-corrected chi connectivity index (χ0v) is 15.4. The van der Waals surface area contributed by atoms with Gasteiger partial charge in [-0.1, -0.05) is 36.4 Å². The third-order valence-electron chi connectivity index (χ3n) is 6.16. The highest BCUT2D eigenvalue weighted by atomic mass is 16.5. The molecule has 0 bridgehead atoms. The zero-order valence-electron chi connectivity index (χ0n) is 15.4. The fourth-order valence-electron chi connectivity index (χ4n) is 4.48. The molecule has 0 unspecified atom stereocenters.